The van der Waals surface area contributed by atoms with Gasteiger partial charge in [0, 0.05) is 28.3 Å². The lowest BCUT2D eigenvalue weighted by Gasteiger charge is -2.09. The molecule has 3 N–H and O–H groups in total. The summed E-state index contributed by atoms with van der Waals surface area (Å²) in [5.41, 5.74) is 4.76. The summed E-state index contributed by atoms with van der Waals surface area (Å²) < 4.78 is 0. The molecule has 0 saturated heterocycles. The zero-order valence-corrected chi connectivity index (χ0v) is 12.6. The van der Waals surface area contributed by atoms with E-state index >= 15 is 0 Å². The Bertz CT molecular complexity index is 848. The van der Waals surface area contributed by atoms with Crippen LogP contribution in [0.15, 0.2) is 52.4 Å². The standard InChI is InChI=1S/C15H12ClN5O2/c16-12-4-2-1-3-10(12)15-11-7-9(21(22)23)5-6-13(11)19-14(20-17)8-18-15/h1-7H,8,17H2,(H,19,20). The van der Waals surface area contributed by atoms with Gasteiger partial charge in [0.1, 0.15) is 5.84 Å². The topological polar surface area (TPSA) is 106 Å². The number of fused-ring (bicyclic) bond motifs is 1. The highest BCUT2D eigenvalue weighted by Gasteiger charge is 2.20. The van der Waals surface area contributed by atoms with Gasteiger partial charge >= 0.3 is 0 Å². The Hall–Kier alpha value is -2.77. The van der Waals surface area contributed by atoms with E-state index in [0.717, 1.165) is 0 Å². The van der Waals surface area contributed by atoms with Crippen molar-refractivity contribution in [1.29, 1.82) is 0 Å². The van der Waals surface area contributed by atoms with E-state index in [0.29, 0.717) is 33.4 Å². The van der Waals surface area contributed by atoms with Crippen LogP contribution >= 0.6 is 11.6 Å². The van der Waals surface area contributed by atoms with E-state index < -0.39 is 4.92 Å². The van der Waals surface area contributed by atoms with Crippen LogP contribution in [0, 0.1) is 10.1 Å². The molecule has 0 saturated carbocycles. The van der Waals surface area contributed by atoms with Gasteiger partial charge in [-0.15, -0.1) is 0 Å². The first-order valence-electron chi connectivity index (χ1n) is 6.72. The van der Waals surface area contributed by atoms with Crippen molar-refractivity contribution in [1.82, 2.24) is 5.43 Å². The van der Waals surface area contributed by atoms with Crippen LogP contribution in [0.2, 0.25) is 5.02 Å². The second kappa shape index (κ2) is 6.15. The van der Waals surface area contributed by atoms with E-state index in [1.54, 1.807) is 18.2 Å². The Morgan fingerprint density at radius 3 is 2.70 bits per heavy atom. The van der Waals surface area contributed by atoms with Crippen LogP contribution in [0.1, 0.15) is 11.1 Å². The lowest BCUT2D eigenvalue weighted by atomic mass is 10.00. The van der Waals surface area contributed by atoms with Gasteiger partial charge in [0.05, 0.1) is 22.9 Å². The summed E-state index contributed by atoms with van der Waals surface area (Å²) in [5, 5.41) is 11.6. The van der Waals surface area contributed by atoms with Crippen molar-refractivity contribution in [2.45, 2.75) is 0 Å². The van der Waals surface area contributed by atoms with Gasteiger partial charge in [0.2, 0.25) is 0 Å². The SMILES string of the molecule is NNC1=Nc2ccc([N+](=O)[O-])cc2C(c2ccccc2Cl)=NC1. The monoisotopic (exact) mass is 329 g/mol. The van der Waals surface area contributed by atoms with Gasteiger partial charge in [-0.2, -0.15) is 0 Å². The smallest absolute Gasteiger partial charge is 0.270 e. The minimum absolute atomic E-state index is 0.0390. The van der Waals surface area contributed by atoms with Crippen molar-refractivity contribution in [2.24, 2.45) is 15.8 Å². The molecular weight excluding hydrogens is 318 g/mol. The number of benzene rings is 2. The van der Waals surface area contributed by atoms with Gasteiger partial charge in [0.15, 0.2) is 0 Å². The fraction of sp³-hybridized carbons (Fsp3) is 0.0667. The molecule has 7 nitrogen and oxygen atoms in total. The third-order valence-corrected chi connectivity index (χ3v) is 3.71. The third kappa shape index (κ3) is 2.92. The second-order valence-electron chi connectivity index (χ2n) is 4.81. The molecule has 23 heavy (non-hydrogen) atoms. The molecular formula is C15H12ClN5O2. The van der Waals surface area contributed by atoms with Crippen molar-refractivity contribution < 1.29 is 4.92 Å². The largest absolute Gasteiger partial charge is 0.310 e. The van der Waals surface area contributed by atoms with Crippen LogP contribution in [-0.4, -0.2) is 23.0 Å². The van der Waals surface area contributed by atoms with E-state index in [1.807, 2.05) is 12.1 Å². The van der Waals surface area contributed by atoms with Crippen molar-refractivity contribution in [3.63, 3.8) is 0 Å². The molecule has 0 unspecified atom stereocenters. The molecule has 0 aliphatic carbocycles. The molecule has 0 atom stereocenters. The summed E-state index contributed by atoms with van der Waals surface area (Å²) in [6.45, 7) is 0.222. The average Bonchev–Trinajstić information content (AvgIpc) is 2.73. The molecule has 0 amide bonds. The number of nitrogens with two attached hydrogens (primary N) is 1. The van der Waals surface area contributed by atoms with Crippen molar-refractivity contribution in [3.8, 4) is 0 Å². The number of nitro benzene ring substituents is 1. The Labute approximate surface area is 136 Å². The van der Waals surface area contributed by atoms with Gasteiger partial charge in [0.25, 0.3) is 5.69 Å². The van der Waals surface area contributed by atoms with E-state index in [1.165, 1.54) is 12.1 Å². The Balaban J connectivity index is 2.24. The number of amidine groups is 1. The molecule has 3 rings (SSSR count). The maximum absolute atomic E-state index is 11.1. The van der Waals surface area contributed by atoms with Gasteiger partial charge in [-0.25, -0.2) is 10.8 Å². The Morgan fingerprint density at radius 1 is 1.22 bits per heavy atom. The highest BCUT2D eigenvalue weighted by molar-refractivity contribution is 6.36. The number of hydrogen-bond donors (Lipinski definition) is 2. The molecule has 1 aliphatic rings. The van der Waals surface area contributed by atoms with Crippen molar-refractivity contribution in [2.75, 3.05) is 6.54 Å². The minimum Gasteiger partial charge on any atom is -0.310 e. The molecule has 1 heterocycles. The van der Waals surface area contributed by atoms with E-state index in [-0.39, 0.29) is 12.2 Å². The molecule has 116 valence electrons. The predicted molar refractivity (Wildman–Crippen MR) is 89.5 cm³/mol. The number of hydrogen-bond acceptors (Lipinski definition) is 6. The van der Waals surface area contributed by atoms with Crippen molar-refractivity contribution in [3.05, 3.63) is 68.7 Å². The van der Waals surface area contributed by atoms with E-state index in [9.17, 15) is 10.1 Å². The molecule has 2 aromatic rings. The zero-order chi connectivity index (χ0) is 16.4. The van der Waals surface area contributed by atoms with Crippen LogP contribution in [0.5, 0.6) is 0 Å². The van der Waals surface area contributed by atoms with Crippen LogP contribution in [-0.2, 0) is 0 Å². The van der Waals surface area contributed by atoms with Crippen LogP contribution in [0.4, 0.5) is 11.4 Å². The lowest BCUT2D eigenvalue weighted by Crippen LogP contribution is -2.32. The second-order valence-corrected chi connectivity index (χ2v) is 5.21. The first kappa shape index (κ1) is 15.1. The maximum atomic E-state index is 11.1. The maximum Gasteiger partial charge on any atom is 0.270 e. The van der Waals surface area contributed by atoms with Crippen LogP contribution in [0.25, 0.3) is 0 Å². The highest BCUT2D eigenvalue weighted by atomic mass is 35.5. The zero-order valence-electron chi connectivity index (χ0n) is 11.9. The summed E-state index contributed by atoms with van der Waals surface area (Å²) in [6, 6.07) is 11.6. The molecule has 0 aromatic heterocycles. The summed E-state index contributed by atoms with van der Waals surface area (Å²) in [6.07, 6.45) is 0. The number of nitro groups is 1. The summed E-state index contributed by atoms with van der Waals surface area (Å²) >= 11 is 6.26. The Kier molecular flexibility index (Phi) is 4.05. The number of hydrazine groups is 1. The fourth-order valence-corrected chi connectivity index (χ4v) is 2.53. The molecule has 2 aromatic carbocycles. The normalized spacial score (nSPS) is 13.5. The number of nitrogens with zero attached hydrogens (tertiary/aromatic N) is 3. The first-order chi connectivity index (χ1) is 11.1. The number of nitrogens with one attached hydrogen (secondary N) is 1. The average molecular weight is 330 g/mol. The van der Waals surface area contributed by atoms with Gasteiger partial charge in [-0.1, -0.05) is 29.8 Å². The number of rotatable bonds is 2. The summed E-state index contributed by atoms with van der Waals surface area (Å²) in [7, 11) is 0. The molecule has 0 radical (unpaired) electrons. The third-order valence-electron chi connectivity index (χ3n) is 3.38. The quantitative estimate of drug-likeness (QED) is 0.501. The molecule has 8 heteroatoms. The molecule has 0 spiro atoms. The van der Waals surface area contributed by atoms with Crippen LogP contribution in [0.3, 0.4) is 0 Å². The molecule has 0 bridgehead atoms. The van der Waals surface area contributed by atoms with Crippen LogP contribution < -0.4 is 11.3 Å². The fourth-order valence-electron chi connectivity index (χ4n) is 2.31. The van der Waals surface area contributed by atoms with Gasteiger partial charge < -0.3 is 5.43 Å². The minimum atomic E-state index is -0.457. The van der Waals surface area contributed by atoms with Gasteiger partial charge in [-0.3, -0.25) is 15.1 Å². The van der Waals surface area contributed by atoms with Gasteiger partial charge in [-0.05, 0) is 12.1 Å². The summed E-state index contributed by atoms with van der Waals surface area (Å²) in [5.74, 6) is 5.90. The number of non-ortho nitro benzene ring substituents is 1. The summed E-state index contributed by atoms with van der Waals surface area (Å²) in [4.78, 5) is 19.5. The number of halogens is 1. The highest BCUT2D eigenvalue weighted by Crippen LogP contribution is 2.31. The van der Waals surface area contributed by atoms with E-state index in [4.69, 9.17) is 17.4 Å². The lowest BCUT2D eigenvalue weighted by molar-refractivity contribution is -0.384. The molecule has 1 aliphatic heterocycles. The predicted octanol–water partition coefficient (Wildman–Crippen LogP) is 2.59. The molecule has 0 fully saturated rings. The first-order valence-corrected chi connectivity index (χ1v) is 7.10. The Morgan fingerprint density at radius 2 is 2.00 bits per heavy atom. The number of aliphatic imine (C=N–C) groups is 2. The van der Waals surface area contributed by atoms with Crippen molar-refractivity contribution >= 4 is 34.5 Å². The van der Waals surface area contributed by atoms with E-state index in [2.05, 4.69) is 15.4 Å².